The fraction of sp³-hybridized carbons (Fsp3) is 0.500. The molecule has 0 amide bonds. The summed E-state index contributed by atoms with van der Waals surface area (Å²) >= 11 is 0. The molecule has 0 spiro atoms. The molecule has 16 heavy (non-hydrogen) atoms. The van der Waals surface area contributed by atoms with Crippen molar-refractivity contribution in [2.45, 2.75) is 39.5 Å². The molecular formula is C16H24. The van der Waals surface area contributed by atoms with Crippen molar-refractivity contribution in [1.29, 1.82) is 0 Å². The van der Waals surface area contributed by atoms with Gasteiger partial charge in [0, 0.05) is 0 Å². The van der Waals surface area contributed by atoms with Gasteiger partial charge >= 0.3 is 0 Å². The highest BCUT2D eigenvalue weighted by atomic mass is 14.0. The molecule has 0 nitrogen and oxygen atoms in total. The monoisotopic (exact) mass is 216 g/mol. The molecule has 0 saturated heterocycles. The lowest BCUT2D eigenvalue weighted by molar-refractivity contribution is 0.633. The standard InChI is InChI=1S/2C8H12/c2*1-2-8-6-4-3-5-7-8/h2*3-6,8H,2,7H2,1H3. The first-order valence-corrected chi connectivity index (χ1v) is 6.53. The van der Waals surface area contributed by atoms with Crippen molar-refractivity contribution in [3.05, 3.63) is 48.6 Å². The van der Waals surface area contributed by atoms with Crippen molar-refractivity contribution < 1.29 is 0 Å². The largest absolute Gasteiger partial charge is 0.0840 e. The van der Waals surface area contributed by atoms with E-state index in [0.29, 0.717) is 0 Å². The van der Waals surface area contributed by atoms with E-state index >= 15 is 0 Å². The van der Waals surface area contributed by atoms with E-state index in [9.17, 15) is 0 Å². The Hall–Kier alpha value is -1.04. The number of hydrogen-bond donors (Lipinski definition) is 0. The predicted molar refractivity (Wildman–Crippen MR) is 73.4 cm³/mol. The van der Waals surface area contributed by atoms with Crippen LogP contribution in [0.5, 0.6) is 0 Å². The molecule has 0 radical (unpaired) electrons. The van der Waals surface area contributed by atoms with Crippen LogP contribution in [0.25, 0.3) is 0 Å². The van der Waals surface area contributed by atoms with Crippen LogP contribution in [0.1, 0.15) is 39.5 Å². The second-order valence-corrected chi connectivity index (χ2v) is 4.43. The minimum atomic E-state index is 0.819. The van der Waals surface area contributed by atoms with Crippen LogP contribution in [0.4, 0.5) is 0 Å². The lowest BCUT2D eigenvalue weighted by atomic mass is 9.99. The molecule has 0 N–H and O–H groups in total. The van der Waals surface area contributed by atoms with Gasteiger partial charge in [0.25, 0.3) is 0 Å². The third-order valence-electron chi connectivity index (χ3n) is 3.19. The molecule has 88 valence electrons. The summed E-state index contributed by atoms with van der Waals surface area (Å²) in [5.41, 5.74) is 0. The molecule has 2 unspecified atom stereocenters. The van der Waals surface area contributed by atoms with Crippen molar-refractivity contribution in [2.75, 3.05) is 0 Å². The Morgan fingerprint density at radius 3 is 1.38 bits per heavy atom. The van der Waals surface area contributed by atoms with E-state index in [-0.39, 0.29) is 0 Å². The molecular weight excluding hydrogens is 192 g/mol. The van der Waals surface area contributed by atoms with Gasteiger partial charge in [0.05, 0.1) is 0 Å². The fourth-order valence-electron chi connectivity index (χ4n) is 1.87. The van der Waals surface area contributed by atoms with Crippen LogP contribution < -0.4 is 0 Å². The van der Waals surface area contributed by atoms with Crippen molar-refractivity contribution >= 4 is 0 Å². The van der Waals surface area contributed by atoms with Gasteiger partial charge in [0.2, 0.25) is 0 Å². The van der Waals surface area contributed by atoms with Crippen LogP contribution in [-0.2, 0) is 0 Å². The van der Waals surface area contributed by atoms with Crippen molar-refractivity contribution in [3.8, 4) is 0 Å². The van der Waals surface area contributed by atoms with Gasteiger partial charge in [-0.1, -0.05) is 62.5 Å². The third kappa shape index (κ3) is 5.16. The van der Waals surface area contributed by atoms with Crippen LogP contribution in [0.15, 0.2) is 48.6 Å². The van der Waals surface area contributed by atoms with E-state index in [2.05, 4.69) is 62.5 Å². The molecule has 2 aliphatic rings. The SMILES string of the molecule is CCC1C=CC=CC1.CCC1C=CC=CC1. The molecule has 0 aromatic rings. The second kappa shape index (κ2) is 8.15. The maximum absolute atomic E-state index is 2.28. The minimum absolute atomic E-state index is 0.819. The molecule has 2 atom stereocenters. The summed E-state index contributed by atoms with van der Waals surface area (Å²) in [5.74, 6) is 1.64. The van der Waals surface area contributed by atoms with Gasteiger partial charge in [0.1, 0.15) is 0 Å². The Morgan fingerprint density at radius 1 is 0.750 bits per heavy atom. The van der Waals surface area contributed by atoms with Crippen molar-refractivity contribution in [2.24, 2.45) is 11.8 Å². The summed E-state index contributed by atoms with van der Waals surface area (Å²) in [6.07, 6.45) is 22.6. The molecule has 0 heteroatoms. The van der Waals surface area contributed by atoms with Gasteiger partial charge in [-0.15, -0.1) is 0 Å². The van der Waals surface area contributed by atoms with Crippen molar-refractivity contribution in [3.63, 3.8) is 0 Å². The topological polar surface area (TPSA) is 0 Å². The van der Waals surface area contributed by atoms with Gasteiger partial charge in [-0.3, -0.25) is 0 Å². The zero-order valence-corrected chi connectivity index (χ0v) is 10.6. The molecule has 0 saturated carbocycles. The van der Waals surface area contributed by atoms with Gasteiger partial charge in [-0.25, -0.2) is 0 Å². The van der Waals surface area contributed by atoms with E-state index in [0.717, 1.165) is 11.8 Å². The lowest BCUT2D eigenvalue weighted by Crippen LogP contribution is -1.93. The fourth-order valence-corrected chi connectivity index (χ4v) is 1.87. The summed E-state index contributed by atoms with van der Waals surface area (Å²) in [4.78, 5) is 0. The Morgan fingerprint density at radius 2 is 1.19 bits per heavy atom. The Bertz CT molecular complexity index is 248. The van der Waals surface area contributed by atoms with E-state index in [4.69, 9.17) is 0 Å². The van der Waals surface area contributed by atoms with Crippen molar-refractivity contribution in [1.82, 2.24) is 0 Å². The van der Waals surface area contributed by atoms with Gasteiger partial charge < -0.3 is 0 Å². The molecule has 2 rings (SSSR count). The Balaban J connectivity index is 0.000000160. The number of rotatable bonds is 2. The maximum atomic E-state index is 2.28. The van der Waals surface area contributed by atoms with Gasteiger partial charge in [-0.2, -0.15) is 0 Å². The lowest BCUT2D eigenvalue weighted by Gasteiger charge is -2.07. The molecule has 0 aliphatic heterocycles. The summed E-state index contributed by atoms with van der Waals surface area (Å²) in [5, 5.41) is 0. The summed E-state index contributed by atoms with van der Waals surface area (Å²) in [6, 6.07) is 0. The van der Waals surface area contributed by atoms with Crippen LogP contribution in [0.2, 0.25) is 0 Å². The second-order valence-electron chi connectivity index (χ2n) is 4.43. The van der Waals surface area contributed by atoms with E-state index in [1.807, 2.05) is 0 Å². The first kappa shape index (κ1) is 13.0. The molecule has 0 fully saturated rings. The summed E-state index contributed by atoms with van der Waals surface area (Å²) < 4.78 is 0. The summed E-state index contributed by atoms with van der Waals surface area (Å²) in [7, 11) is 0. The predicted octanol–water partition coefficient (Wildman–Crippen LogP) is 5.06. The highest BCUT2D eigenvalue weighted by Gasteiger charge is 1.99. The molecule has 0 bridgehead atoms. The third-order valence-corrected chi connectivity index (χ3v) is 3.19. The first-order chi connectivity index (χ1) is 7.86. The zero-order valence-electron chi connectivity index (χ0n) is 10.6. The molecule has 0 heterocycles. The highest BCUT2D eigenvalue weighted by molar-refractivity contribution is 5.10. The van der Waals surface area contributed by atoms with Crippen LogP contribution in [0.3, 0.4) is 0 Å². The normalized spacial score (nSPS) is 26.4. The molecule has 0 aromatic heterocycles. The van der Waals surface area contributed by atoms with E-state index in [1.165, 1.54) is 25.7 Å². The Labute approximate surface area is 100 Å². The Kier molecular flexibility index (Phi) is 6.64. The smallest absolute Gasteiger partial charge is 0.0198 e. The average Bonchev–Trinajstić information content (AvgIpc) is 2.41. The average molecular weight is 216 g/mol. The highest BCUT2D eigenvalue weighted by Crippen LogP contribution is 2.14. The zero-order chi connectivity index (χ0) is 11.6. The van der Waals surface area contributed by atoms with Gasteiger partial charge in [-0.05, 0) is 37.5 Å². The minimum Gasteiger partial charge on any atom is -0.0840 e. The number of allylic oxidation sites excluding steroid dienone is 8. The van der Waals surface area contributed by atoms with E-state index < -0.39 is 0 Å². The van der Waals surface area contributed by atoms with Crippen LogP contribution in [0, 0.1) is 11.8 Å². The molecule has 2 aliphatic carbocycles. The van der Waals surface area contributed by atoms with Crippen LogP contribution in [-0.4, -0.2) is 0 Å². The maximum Gasteiger partial charge on any atom is -0.0198 e. The van der Waals surface area contributed by atoms with Gasteiger partial charge in [0.15, 0.2) is 0 Å². The quantitative estimate of drug-likeness (QED) is 0.605. The van der Waals surface area contributed by atoms with Crippen LogP contribution >= 0.6 is 0 Å². The van der Waals surface area contributed by atoms with E-state index in [1.54, 1.807) is 0 Å². The first-order valence-electron chi connectivity index (χ1n) is 6.53. The number of hydrogen-bond acceptors (Lipinski definition) is 0. The molecule has 0 aromatic carbocycles. The summed E-state index contributed by atoms with van der Waals surface area (Å²) in [6.45, 7) is 4.46.